The Bertz CT molecular complexity index is 595. The van der Waals surface area contributed by atoms with Gasteiger partial charge in [0, 0.05) is 37.3 Å². The van der Waals surface area contributed by atoms with Crippen LogP contribution >= 0.6 is 0 Å². The summed E-state index contributed by atoms with van der Waals surface area (Å²) in [6.45, 7) is 4.39. The van der Waals surface area contributed by atoms with E-state index in [1.165, 1.54) is 6.07 Å². The first-order valence-corrected chi connectivity index (χ1v) is 7.77. The molecule has 3 atom stereocenters. The zero-order valence-corrected chi connectivity index (χ0v) is 12.4. The summed E-state index contributed by atoms with van der Waals surface area (Å²) >= 11 is 0. The van der Waals surface area contributed by atoms with Crippen LogP contribution in [-0.2, 0) is 6.54 Å². The van der Waals surface area contributed by atoms with Gasteiger partial charge in [0.2, 0.25) is 0 Å². The van der Waals surface area contributed by atoms with Crippen LogP contribution in [0.5, 0.6) is 0 Å². The molecule has 116 valence electrons. The molecule has 0 radical (unpaired) electrons. The summed E-state index contributed by atoms with van der Waals surface area (Å²) in [5.74, 6) is 0.836. The van der Waals surface area contributed by atoms with E-state index in [1.54, 1.807) is 0 Å². The summed E-state index contributed by atoms with van der Waals surface area (Å²) in [5.41, 5.74) is -0.726. The van der Waals surface area contributed by atoms with Crippen molar-refractivity contribution in [1.82, 2.24) is 14.9 Å². The first-order valence-electron chi connectivity index (χ1n) is 7.77. The lowest BCUT2D eigenvalue weighted by Gasteiger charge is -2.40. The van der Waals surface area contributed by atoms with Crippen LogP contribution in [0.15, 0.2) is 15.7 Å². The molecule has 3 rings (SSSR count). The third-order valence-electron chi connectivity index (χ3n) is 5.21. The molecule has 0 spiro atoms. The van der Waals surface area contributed by atoms with Crippen LogP contribution in [0.3, 0.4) is 0 Å². The highest BCUT2D eigenvalue weighted by atomic mass is 16.3. The van der Waals surface area contributed by atoms with Gasteiger partial charge in [0.05, 0.1) is 5.60 Å². The van der Waals surface area contributed by atoms with Crippen molar-refractivity contribution < 1.29 is 5.11 Å². The number of aromatic amines is 2. The Morgan fingerprint density at radius 3 is 2.90 bits per heavy atom. The van der Waals surface area contributed by atoms with Gasteiger partial charge in [-0.15, -0.1) is 0 Å². The number of nitrogens with zero attached hydrogens (tertiary/aromatic N) is 1. The van der Waals surface area contributed by atoms with E-state index in [9.17, 15) is 14.7 Å². The Balaban J connectivity index is 1.74. The molecule has 0 amide bonds. The van der Waals surface area contributed by atoms with Gasteiger partial charge in [-0.05, 0) is 25.2 Å². The lowest BCUT2D eigenvalue weighted by molar-refractivity contribution is -0.0613. The lowest BCUT2D eigenvalue weighted by Crippen LogP contribution is -2.44. The fraction of sp³-hybridized carbons (Fsp3) is 0.733. The number of fused-ring (bicyclic) bond motifs is 1. The highest BCUT2D eigenvalue weighted by Crippen LogP contribution is 2.44. The number of H-pyrrole nitrogens is 2. The van der Waals surface area contributed by atoms with E-state index in [4.69, 9.17) is 0 Å². The second kappa shape index (κ2) is 5.42. The van der Waals surface area contributed by atoms with Crippen molar-refractivity contribution in [2.45, 2.75) is 44.8 Å². The molecule has 6 nitrogen and oxygen atoms in total. The predicted octanol–water partition coefficient (Wildman–Crippen LogP) is 0.436. The van der Waals surface area contributed by atoms with Gasteiger partial charge in [-0.25, -0.2) is 4.79 Å². The molecule has 2 fully saturated rings. The van der Waals surface area contributed by atoms with Crippen molar-refractivity contribution >= 4 is 0 Å². The smallest absolute Gasteiger partial charge is 0.325 e. The van der Waals surface area contributed by atoms with Crippen molar-refractivity contribution in [1.29, 1.82) is 0 Å². The maximum absolute atomic E-state index is 11.4. The quantitative estimate of drug-likeness (QED) is 0.754. The fourth-order valence-corrected chi connectivity index (χ4v) is 4.13. The molecular weight excluding hydrogens is 270 g/mol. The summed E-state index contributed by atoms with van der Waals surface area (Å²) in [6, 6.07) is 1.44. The van der Waals surface area contributed by atoms with E-state index in [-0.39, 0.29) is 5.56 Å². The molecule has 1 saturated heterocycles. The second-order valence-corrected chi connectivity index (χ2v) is 6.52. The van der Waals surface area contributed by atoms with Crippen LogP contribution < -0.4 is 11.2 Å². The Morgan fingerprint density at radius 2 is 2.19 bits per heavy atom. The monoisotopic (exact) mass is 293 g/mol. The minimum absolute atomic E-state index is 0.310. The topological polar surface area (TPSA) is 89.2 Å². The van der Waals surface area contributed by atoms with Gasteiger partial charge >= 0.3 is 5.69 Å². The standard InChI is InChI=1S/C15H23N3O3/c1-2-15(21)5-3-4-10-7-18(9-12(10)15)8-11-6-13(19)17-14(20)16-11/h6,10,12,21H,2-5,7-9H2,1H3,(H2,16,17,19,20)/t10-,12+,15-/m0/s1. The molecule has 0 aromatic carbocycles. The van der Waals surface area contributed by atoms with E-state index in [1.807, 2.05) is 0 Å². The molecule has 1 aromatic rings. The van der Waals surface area contributed by atoms with Crippen LogP contribution in [0, 0.1) is 11.8 Å². The molecule has 2 aliphatic rings. The molecule has 0 unspecified atom stereocenters. The fourth-order valence-electron chi connectivity index (χ4n) is 4.13. The zero-order valence-electron chi connectivity index (χ0n) is 12.4. The minimum Gasteiger partial charge on any atom is -0.390 e. The molecule has 0 bridgehead atoms. The van der Waals surface area contributed by atoms with Crippen molar-refractivity contribution in [3.63, 3.8) is 0 Å². The number of nitrogens with one attached hydrogen (secondary N) is 2. The van der Waals surface area contributed by atoms with Crippen LogP contribution in [0.4, 0.5) is 0 Å². The molecule has 2 heterocycles. The van der Waals surface area contributed by atoms with Crippen molar-refractivity contribution in [2.24, 2.45) is 11.8 Å². The molecule has 1 aliphatic carbocycles. The van der Waals surface area contributed by atoms with Gasteiger partial charge in [0.15, 0.2) is 0 Å². The van der Waals surface area contributed by atoms with E-state index in [2.05, 4.69) is 21.8 Å². The normalized spacial score (nSPS) is 33.0. The highest BCUT2D eigenvalue weighted by molar-refractivity contribution is 5.03. The van der Waals surface area contributed by atoms with E-state index >= 15 is 0 Å². The summed E-state index contributed by atoms with van der Waals surface area (Å²) in [4.78, 5) is 29.8. The number of rotatable bonds is 3. The highest BCUT2D eigenvalue weighted by Gasteiger charge is 2.47. The van der Waals surface area contributed by atoms with Crippen molar-refractivity contribution in [3.05, 3.63) is 32.6 Å². The Hall–Kier alpha value is -1.40. The van der Waals surface area contributed by atoms with Gasteiger partial charge in [-0.3, -0.25) is 14.7 Å². The maximum Gasteiger partial charge on any atom is 0.325 e. The number of hydrogen-bond donors (Lipinski definition) is 3. The summed E-state index contributed by atoms with van der Waals surface area (Å²) in [6.07, 6.45) is 3.93. The summed E-state index contributed by atoms with van der Waals surface area (Å²) < 4.78 is 0. The van der Waals surface area contributed by atoms with Crippen molar-refractivity contribution in [2.75, 3.05) is 13.1 Å². The first-order chi connectivity index (χ1) is 10.00. The van der Waals surface area contributed by atoms with Gasteiger partial charge in [0.25, 0.3) is 5.56 Å². The van der Waals surface area contributed by atoms with E-state index in [0.29, 0.717) is 24.1 Å². The number of likely N-dealkylation sites (tertiary alicyclic amines) is 1. The summed E-state index contributed by atoms with van der Waals surface area (Å²) in [5, 5.41) is 10.8. The Labute approximate surface area is 123 Å². The molecule has 1 aliphatic heterocycles. The van der Waals surface area contributed by atoms with Crippen LogP contribution in [0.1, 0.15) is 38.3 Å². The van der Waals surface area contributed by atoms with Crippen molar-refractivity contribution in [3.8, 4) is 0 Å². The zero-order chi connectivity index (χ0) is 15.0. The lowest BCUT2D eigenvalue weighted by atomic mass is 9.69. The SMILES string of the molecule is CC[C@]1(O)CCC[C@H]2CN(Cc3cc(=O)[nH]c(=O)[nH]3)C[C@H]21. The van der Waals surface area contributed by atoms with Gasteiger partial charge in [-0.1, -0.05) is 13.3 Å². The van der Waals surface area contributed by atoms with E-state index < -0.39 is 11.3 Å². The Morgan fingerprint density at radius 1 is 1.38 bits per heavy atom. The molecular formula is C15H23N3O3. The van der Waals surface area contributed by atoms with Crippen LogP contribution in [0.25, 0.3) is 0 Å². The number of hydrogen-bond acceptors (Lipinski definition) is 4. The third kappa shape index (κ3) is 2.82. The molecule has 21 heavy (non-hydrogen) atoms. The van der Waals surface area contributed by atoms with Crippen LogP contribution in [0.2, 0.25) is 0 Å². The largest absolute Gasteiger partial charge is 0.390 e. The van der Waals surface area contributed by atoms with Gasteiger partial charge < -0.3 is 10.1 Å². The molecule has 1 saturated carbocycles. The molecule has 3 N–H and O–H groups in total. The second-order valence-electron chi connectivity index (χ2n) is 6.52. The number of aromatic nitrogens is 2. The number of aliphatic hydroxyl groups is 1. The predicted molar refractivity (Wildman–Crippen MR) is 79.0 cm³/mol. The van der Waals surface area contributed by atoms with E-state index in [0.717, 1.165) is 38.8 Å². The van der Waals surface area contributed by atoms with Gasteiger partial charge in [0.1, 0.15) is 0 Å². The van der Waals surface area contributed by atoms with Crippen LogP contribution in [-0.4, -0.2) is 38.7 Å². The minimum atomic E-state index is -0.542. The Kier molecular flexibility index (Phi) is 3.75. The molecule has 6 heteroatoms. The average Bonchev–Trinajstić information content (AvgIpc) is 2.82. The van der Waals surface area contributed by atoms with Gasteiger partial charge in [-0.2, -0.15) is 0 Å². The summed E-state index contributed by atoms with van der Waals surface area (Å²) in [7, 11) is 0. The maximum atomic E-state index is 11.4. The first kappa shape index (κ1) is 14.5. The molecule has 1 aromatic heterocycles. The average molecular weight is 293 g/mol. The third-order valence-corrected chi connectivity index (χ3v) is 5.21.